The van der Waals surface area contributed by atoms with E-state index in [0.717, 1.165) is 16.8 Å². The lowest BCUT2D eigenvalue weighted by atomic mass is 9.92. The van der Waals surface area contributed by atoms with Crippen molar-refractivity contribution in [2.24, 2.45) is 0 Å². The van der Waals surface area contributed by atoms with E-state index in [1.165, 1.54) is 27.8 Å². The van der Waals surface area contributed by atoms with E-state index in [2.05, 4.69) is 52.0 Å². The van der Waals surface area contributed by atoms with E-state index >= 15 is 0 Å². The molecule has 0 bridgehead atoms. The Labute approximate surface area is 133 Å². The molecule has 0 aromatic heterocycles. The molecule has 0 aliphatic rings. The minimum atomic E-state index is 0.880. The molecular weight excluding hydrogens is 272 g/mol. The van der Waals surface area contributed by atoms with Crippen molar-refractivity contribution in [2.45, 2.75) is 34.1 Å². The molecule has 0 aliphatic heterocycles. The second-order valence-corrected chi connectivity index (χ2v) is 5.87. The van der Waals surface area contributed by atoms with Crippen LogP contribution in [0.4, 0.5) is 0 Å². The second kappa shape index (κ2) is 6.82. The highest BCUT2D eigenvalue weighted by atomic mass is 32.1. The Kier molecular flexibility index (Phi) is 5.08. The third kappa shape index (κ3) is 3.48. The molecule has 2 aromatic rings. The summed E-state index contributed by atoms with van der Waals surface area (Å²) in [4.78, 5) is 0.880. The van der Waals surface area contributed by atoms with Gasteiger partial charge in [-0.3, -0.25) is 0 Å². The van der Waals surface area contributed by atoms with Crippen LogP contribution in [0, 0.1) is 20.8 Å². The summed E-state index contributed by atoms with van der Waals surface area (Å²) < 4.78 is 0. The maximum absolute atomic E-state index is 5.49. The molecule has 0 amide bonds. The molecule has 0 saturated heterocycles. The molecule has 0 saturated carbocycles. The van der Waals surface area contributed by atoms with Gasteiger partial charge in [0, 0.05) is 4.86 Å². The molecule has 0 radical (unpaired) electrons. The fraction of sp³-hybridized carbons (Fsp3) is 0.250. The van der Waals surface area contributed by atoms with Crippen LogP contribution < -0.4 is 0 Å². The van der Waals surface area contributed by atoms with Crippen molar-refractivity contribution >= 4 is 23.2 Å². The van der Waals surface area contributed by atoms with E-state index in [1.54, 1.807) is 0 Å². The number of aryl methyl sites for hydroxylation is 1. The van der Waals surface area contributed by atoms with Crippen molar-refractivity contribution in [3.05, 3.63) is 75.9 Å². The Morgan fingerprint density at radius 2 is 1.71 bits per heavy atom. The summed E-state index contributed by atoms with van der Waals surface area (Å²) >= 11 is 5.49. The molecule has 0 N–H and O–H groups in total. The van der Waals surface area contributed by atoms with Crippen molar-refractivity contribution in [1.29, 1.82) is 0 Å². The first kappa shape index (κ1) is 15.7. The van der Waals surface area contributed by atoms with Gasteiger partial charge in [0.1, 0.15) is 0 Å². The average molecular weight is 294 g/mol. The van der Waals surface area contributed by atoms with Gasteiger partial charge in [-0.2, -0.15) is 0 Å². The van der Waals surface area contributed by atoms with Gasteiger partial charge in [0.2, 0.25) is 0 Å². The van der Waals surface area contributed by atoms with E-state index in [-0.39, 0.29) is 0 Å². The lowest BCUT2D eigenvalue weighted by Crippen LogP contribution is -1.98. The fourth-order valence-electron chi connectivity index (χ4n) is 2.75. The number of allylic oxidation sites excluding steroid dienone is 1. The second-order valence-electron chi connectivity index (χ2n) is 5.43. The highest BCUT2D eigenvalue weighted by Crippen LogP contribution is 2.23. The molecule has 0 aliphatic carbocycles. The summed E-state index contributed by atoms with van der Waals surface area (Å²) in [6.07, 6.45) is 5.27. The number of hydrogen-bond donors (Lipinski definition) is 0. The van der Waals surface area contributed by atoms with Gasteiger partial charge in [-0.1, -0.05) is 61.6 Å². The summed E-state index contributed by atoms with van der Waals surface area (Å²) in [5.74, 6) is 0. The Balaban J connectivity index is 2.32. The third-order valence-corrected chi connectivity index (χ3v) is 4.49. The molecule has 2 rings (SSSR count). The first-order chi connectivity index (χ1) is 10.0. The topological polar surface area (TPSA) is 0 Å². The van der Waals surface area contributed by atoms with Gasteiger partial charge in [-0.25, -0.2) is 0 Å². The molecule has 21 heavy (non-hydrogen) atoms. The van der Waals surface area contributed by atoms with Crippen LogP contribution in [0.25, 0.3) is 6.08 Å². The van der Waals surface area contributed by atoms with Crippen LogP contribution in [-0.4, -0.2) is 4.86 Å². The summed E-state index contributed by atoms with van der Waals surface area (Å²) in [6, 6.07) is 12.4. The van der Waals surface area contributed by atoms with E-state index in [4.69, 9.17) is 12.2 Å². The molecule has 0 unspecified atom stereocenters. The summed E-state index contributed by atoms with van der Waals surface area (Å²) in [7, 11) is 0. The van der Waals surface area contributed by atoms with Crippen molar-refractivity contribution in [3.8, 4) is 0 Å². The van der Waals surface area contributed by atoms with Crippen molar-refractivity contribution < 1.29 is 0 Å². The number of rotatable bonds is 4. The number of thiocarbonyl (C=S) groups is 1. The molecule has 1 heteroatoms. The van der Waals surface area contributed by atoms with Crippen LogP contribution in [0.3, 0.4) is 0 Å². The molecule has 0 atom stereocenters. The van der Waals surface area contributed by atoms with Crippen LogP contribution in [0.15, 0.2) is 42.5 Å². The van der Waals surface area contributed by atoms with Gasteiger partial charge < -0.3 is 0 Å². The smallest absolute Gasteiger partial charge is 0.0449 e. The number of hydrogen-bond acceptors (Lipinski definition) is 1. The summed E-state index contributed by atoms with van der Waals surface area (Å²) in [5, 5.41) is 0. The van der Waals surface area contributed by atoms with Crippen LogP contribution >= 0.6 is 12.2 Å². The molecule has 0 spiro atoms. The van der Waals surface area contributed by atoms with Gasteiger partial charge >= 0.3 is 0 Å². The maximum atomic E-state index is 5.49. The first-order valence-corrected chi connectivity index (χ1v) is 7.82. The summed E-state index contributed by atoms with van der Waals surface area (Å²) in [6.45, 7) is 8.82. The van der Waals surface area contributed by atoms with Crippen molar-refractivity contribution in [3.63, 3.8) is 0 Å². The van der Waals surface area contributed by atoms with Gasteiger partial charge in [0.05, 0.1) is 0 Å². The Morgan fingerprint density at radius 1 is 1.05 bits per heavy atom. The normalized spacial score (nSPS) is 11.0. The Hall–Kier alpha value is -1.73. The first-order valence-electron chi connectivity index (χ1n) is 7.41. The van der Waals surface area contributed by atoms with Crippen molar-refractivity contribution in [2.75, 3.05) is 0 Å². The van der Waals surface area contributed by atoms with Crippen LogP contribution in [-0.2, 0) is 6.42 Å². The zero-order valence-electron chi connectivity index (χ0n) is 13.2. The summed E-state index contributed by atoms with van der Waals surface area (Å²) in [5.41, 5.74) is 7.95. The molecule has 0 fully saturated rings. The standard InChI is InChI=1S/C20H22S/c1-5-19-14(2)13-18(15(3)16(19)4)11-12-20(21)17-9-7-6-8-10-17/h6-13H,5H2,1-4H3. The predicted octanol–water partition coefficient (Wildman–Crippen LogP) is 5.61. The lowest BCUT2D eigenvalue weighted by Gasteiger charge is -2.13. The fourth-order valence-corrected chi connectivity index (χ4v) is 2.95. The van der Waals surface area contributed by atoms with E-state index < -0.39 is 0 Å². The Bertz CT molecular complexity index is 679. The van der Waals surface area contributed by atoms with Crippen molar-refractivity contribution in [1.82, 2.24) is 0 Å². The molecule has 0 nitrogen and oxygen atoms in total. The maximum Gasteiger partial charge on any atom is 0.0449 e. The van der Waals surface area contributed by atoms with Crippen LogP contribution in [0.1, 0.15) is 40.3 Å². The average Bonchev–Trinajstić information content (AvgIpc) is 2.50. The molecule has 0 heterocycles. The lowest BCUT2D eigenvalue weighted by molar-refractivity contribution is 1.06. The highest BCUT2D eigenvalue weighted by Gasteiger charge is 2.07. The largest absolute Gasteiger partial charge is 0.0795 e. The van der Waals surface area contributed by atoms with Crippen LogP contribution in [0.5, 0.6) is 0 Å². The van der Waals surface area contributed by atoms with Gasteiger partial charge in [-0.05, 0) is 66.6 Å². The quantitative estimate of drug-likeness (QED) is 0.401. The zero-order chi connectivity index (χ0) is 15.4. The highest BCUT2D eigenvalue weighted by molar-refractivity contribution is 7.81. The molecular formula is C20H22S. The SMILES string of the molecule is CCc1c(C)cc(C=CC(=S)c2ccccc2)c(C)c1C. The third-order valence-electron chi connectivity index (χ3n) is 4.12. The molecule has 108 valence electrons. The van der Waals surface area contributed by atoms with E-state index in [0.29, 0.717) is 0 Å². The van der Waals surface area contributed by atoms with E-state index in [1.807, 2.05) is 24.3 Å². The Morgan fingerprint density at radius 3 is 2.33 bits per heavy atom. The van der Waals surface area contributed by atoms with Gasteiger partial charge in [0.15, 0.2) is 0 Å². The van der Waals surface area contributed by atoms with Crippen LogP contribution in [0.2, 0.25) is 0 Å². The van der Waals surface area contributed by atoms with Gasteiger partial charge in [0.25, 0.3) is 0 Å². The van der Waals surface area contributed by atoms with Gasteiger partial charge in [-0.15, -0.1) is 0 Å². The minimum absolute atomic E-state index is 0.880. The predicted molar refractivity (Wildman–Crippen MR) is 97.2 cm³/mol. The minimum Gasteiger partial charge on any atom is -0.0795 e. The zero-order valence-corrected chi connectivity index (χ0v) is 14.1. The van der Waals surface area contributed by atoms with E-state index in [9.17, 15) is 0 Å². The monoisotopic (exact) mass is 294 g/mol. The molecule has 2 aromatic carbocycles. The number of benzene rings is 2.